The molecule has 1 saturated heterocycles. The molecule has 2 aliphatic rings. The van der Waals surface area contributed by atoms with Crippen LogP contribution in [0.1, 0.15) is 57.1 Å². The van der Waals surface area contributed by atoms with E-state index in [1.165, 1.54) is 4.52 Å². The lowest BCUT2D eigenvalue weighted by Gasteiger charge is -2.49. The molecule has 322 valence electrons. The second kappa shape index (κ2) is 18.9. The number of thioether (sulfide) groups is 1. The molecule has 1 aliphatic heterocycles. The SMILES string of the molecule is CC(=O)N[C@@H](CSCc1c(C)c(=O)n2c(=O)c(C)c(C)n12)C(=O)N[C@H]1[C@@H](O[C@H]2[C@H](O)[C@@H](OC(C)=O)[C@H](OC(C)=O)[C@@H](OC(C)=O)[C@H]2OC(C)=O)O[C@H](CO)[C@@H](O)[C@@H]1O. The van der Waals surface area contributed by atoms with Gasteiger partial charge in [-0.05, 0) is 20.8 Å². The van der Waals surface area contributed by atoms with Crippen LogP contribution in [0.25, 0.3) is 0 Å². The van der Waals surface area contributed by atoms with Crippen LogP contribution in [0.4, 0.5) is 0 Å². The molecule has 6 N–H and O–H groups in total. The van der Waals surface area contributed by atoms with E-state index in [1.807, 2.05) is 0 Å². The van der Waals surface area contributed by atoms with Crippen LogP contribution >= 0.6 is 11.8 Å². The minimum absolute atomic E-state index is 0.103. The fourth-order valence-corrected chi connectivity index (χ4v) is 8.02. The summed E-state index contributed by atoms with van der Waals surface area (Å²) in [4.78, 5) is 101. The van der Waals surface area contributed by atoms with Crippen LogP contribution in [0.2, 0.25) is 0 Å². The summed E-state index contributed by atoms with van der Waals surface area (Å²) in [6, 6.07) is -3.13. The minimum atomic E-state index is -2.08. The Balaban J connectivity index is 1.68. The number of carbonyl (C=O) groups is 6. The Morgan fingerprint density at radius 3 is 1.74 bits per heavy atom. The van der Waals surface area contributed by atoms with Crippen molar-refractivity contribution >= 4 is 47.5 Å². The van der Waals surface area contributed by atoms with Gasteiger partial charge in [0.15, 0.2) is 30.7 Å². The first-order chi connectivity index (χ1) is 27.1. The maximum absolute atomic E-state index is 13.9. The smallest absolute Gasteiger partial charge is 0.303 e. The van der Waals surface area contributed by atoms with E-state index in [9.17, 15) is 58.8 Å². The third-order valence-electron chi connectivity index (χ3n) is 9.65. The van der Waals surface area contributed by atoms with Gasteiger partial charge in [-0.3, -0.25) is 42.9 Å². The Morgan fingerprint density at radius 2 is 1.22 bits per heavy atom. The first-order valence-corrected chi connectivity index (χ1v) is 19.1. The monoisotopic (exact) mass is 844 g/mol. The lowest BCUT2D eigenvalue weighted by molar-refractivity contribution is -0.322. The minimum Gasteiger partial charge on any atom is -0.456 e. The number of nitrogens with zero attached hydrogens (tertiary/aromatic N) is 2. The highest BCUT2D eigenvalue weighted by molar-refractivity contribution is 7.98. The predicted molar refractivity (Wildman–Crippen MR) is 195 cm³/mol. The third-order valence-corrected chi connectivity index (χ3v) is 10.7. The Kier molecular flexibility index (Phi) is 15.0. The van der Waals surface area contributed by atoms with Gasteiger partial charge in [-0.1, -0.05) is 0 Å². The summed E-state index contributed by atoms with van der Waals surface area (Å²) in [6.07, 6.45) is -18.6. The van der Waals surface area contributed by atoms with Gasteiger partial charge in [-0.15, -0.1) is 0 Å². The molecule has 2 aromatic heterocycles. The number of nitrogens with one attached hydrogen (secondary N) is 2. The molecule has 0 bridgehead atoms. The number of aliphatic hydroxyl groups excluding tert-OH is 4. The number of ether oxygens (including phenoxy) is 6. The topological polar surface area (TPSA) is 306 Å². The van der Waals surface area contributed by atoms with Gasteiger partial charge in [0.2, 0.25) is 11.8 Å². The molecular weight excluding hydrogens is 796 g/mol. The molecule has 0 unspecified atom stereocenters. The maximum Gasteiger partial charge on any atom is 0.303 e. The molecule has 0 radical (unpaired) electrons. The van der Waals surface area contributed by atoms with Crippen LogP contribution in [0.15, 0.2) is 9.59 Å². The van der Waals surface area contributed by atoms with Crippen molar-refractivity contribution in [3.63, 3.8) is 0 Å². The summed E-state index contributed by atoms with van der Waals surface area (Å²) in [5.74, 6) is -5.61. The van der Waals surface area contributed by atoms with E-state index in [1.54, 1.807) is 20.8 Å². The third kappa shape index (κ3) is 9.78. The van der Waals surface area contributed by atoms with Crippen molar-refractivity contribution in [1.29, 1.82) is 0 Å². The number of hydrogen-bond donors (Lipinski definition) is 6. The molecule has 1 saturated carbocycles. The van der Waals surface area contributed by atoms with Gasteiger partial charge in [0, 0.05) is 62.9 Å². The van der Waals surface area contributed by atoms with Crippen LogP contribution in [0.5, 0.6) is 0 Å². The van der Waals surface area contributed by atoms with E-state index in [-0.39, 0.29) is 11.5 Å². The molecule has 2 aromatic rings. The Morgan fingerprint density at radius 1 is 0.724 bits per heavy atom. The van der Waals surface area contributed by atoms with Crippen molar-refractivity contribution in [2.75, 3.05) is 12.4 Å². The summed E-state index contributed by atoms with van der Waals surface area (Å²) in [6.45, 7) is 8.90. The van der Waals surface area contributed by atoms with E-state index in [2.05, 4.69) is 10.6 Å². The first-order valence-electron chi connectivity index (χ1n) is 18.0. The van der Waals surface area contributed by atoms with Crippen LogP contribution in [0.3, 0.4) is 0 Å². The van der Waals surface area contributed by atoms with Crippen molar-refractivity contribution in [2.24, 2.45) is 0 Å². The molecule has 1 aliphatic carbocycles. The van der Waals surface area contributed by atoms with Crippen molar-refractivity contribution in [3.05, 3.63) is 43.2 Å². The van der Waals surface area contributed by atoms with Crippen LogP contribution in [-0.4, -0.2) is 151 Å². The summed E-state index contributed by atoms with van der Waals surface area (Å²) in [7, 11) is 0. The number of hydrogen-bond acceptors (Lipinski definition) is 19. The first kappa shape index (κ1) is 46.0. The van der Waals surface area contributed by atoms with Crippen LogP contribution < -0.4 is 21.8 Å². The standard InChI is InChI=1S/C35H48N4O18S/c1-12-14(3)38-21(13(2)34(51)39(38)33(12)50)11-58-10-20(36-15(4)41)32(49)37-23-25(47)24(46)22(9-40)56-35(23)57-28-26(48)27(52-16(5)42)29(53-17(6)43)31(55-19(8)45)30(28)54-18(7)44/h20,22-31,35,40,46-48H,9-11H2,1-8H3,(H,36,41)(H,37,49)/t20-,22+,23+,24+,25+,26+,27+,28-,29-,30-,31+,35+/m0/s1. The zero-order valence-corrected chi connectivity index (χ0v) is 33.7. The zero-order chi connectivity index (χ0) is 43.5. The number of amides is 2. The number of aromatic nitrogens is 2. The van der Waals surface area contributed by atoms with Gasteiger partial charge in [0.05, 0.1) is 12.3 Å². The Bertz CT molecular complexity index is 2000. The van der Waals surface area contributed by atoms with Gasteiger partial charge in [0.1, 0.15) is 42.6 Å². The number of carbonyl (C=O) groups excluding carboxylic acids is 6. The average Bonchev–Trinajstić information content (AvgIpc) is 3.51. The van der Waals surface area contributed by atoms with Crippen LogP contribution in [-0.2, 0) is 62.9 Å². The second-order valence-corrected chi connectivity index (χ2v) is 14.9. The molecule has 0 aromatic carbocycles. The predicted octanol–water partition coefficient (Wildman–Crippen LogP) is -3.73. The number of fused-ring (bicyclic) bond motifs is 1. The number of rotatable bonds is 14. The molecule has 2 amide bonds. The largest absolute Gasteiger partial charge is 0.456 e. The van der Waals surface area contributed by atoms with E-state index >= 15 is 0 Å². The van der Waals surface area contributed by atoms with Gasteiger partial charge in [-0.2, -0.15) is 16.3 Å². The lowest BCUT2D eigenvalue weighted by Crippen LogP contribution is -2.71. The molecular formula is C35H48N4O18S. The van der Waals surface area contributed by atoms with E-state index < -0.39 is 127 Å². The van der Waals surface area contributed by atoms with Gasteiger partial charge >= 0.3 is 23.9 Å². The summed E-state index contributed by atoms with van der Waals surface area (Å²) in [5, 5.41) is 48.7. The lowest BCUT2D eigenvalue weighted by atomic mass is 9.83. The van der Waals surface area contributed by atoms with Gasteiger partial charge in [0.25, 0.3) is 11.1 Å². The van der Waals surface area contributed by atoms with E-state index in [0.29, 0.717) is 22.5 Å². The molecule has 22 nitrogen and oxygen atoms in total. The van der Waals surface area contributed by atoms with E-state index in [4.69, 9.17) is 28.4 Å². The maximum atomic E-state index is 13.9. The molecule has 58 heavy (non-hydrogen) atoms. The van der Waals surface area contributed by atoms with Gasteiger partial charge < -0.3 is 59.5 Å². The second-order valence-electron chi connectivity index (χ2n) is 13.9. The number of aliphatic hydroxyl groups is 4. The quantitative estimate of drug-likeness (QED) is 0.0787. The average molecular weight is 845 g/mol. The van der Waals surface area contributed by atoms with Crippen molar-refractivity contribution < 1.29 is 77.6 Å². The summed E-state index contributed by atoms with van der Waals surface area (Å²) < 4.78 is 35.6. The van der Waals surface area contributed by atoms with Crippen molar-refractivity contribution in [3.8, 4) is 0 Å². The highest BCUT2D eigenvalue weighted by Crippen LogP contribution is 2.35. The number of aryl methyl sites for hydroxylation is 1. The molecule has 23 heteroatoms. The van der Waals surface area contributed by atoms with E-state index in [0.717, 1.165) is 50.9 Å². The van der Waals surface area contributed by atoms with Crippen LogP contribution in [0, 0.1) is 20.8 Å². The zero-order valence-electron chi connectivity index (χ0n) is 32.9. The Hall–Kier alpha value is -4.65. The number of esters is 4. The summed E-state index contributed by atoms with van der Waals surface area (Å²) in [5.41, 5.74) is 0.711. The normalized spacial score (nSPS) is 28.9. The van der Waals surface area contributed by atoms with Gasteiger partial charge in [-0.25, -0.2) is 0 Å². The molecule has 0 spiro atoms. The fraction of sp³-hybridized carbons (Fsp3) is 0.657. The van der Waals surface area contributed by atoms with Crippen molar-refractivity contribution in [1.82, 2.24) is 19.7 Å². The Labute approximate surface area is 334 Å². The molecule has 4 rings (SSSR count). The summed E-state index contributed by atoms with van der Waals surface area (Å²) >= 11 is 1.11. The fourth-order valence-electron chi connectivity index (χ4n) is 6.90. The molecule has 2 fully saturated rings. The van der Waals surface area contributed by atoms with Crippen molar-refractivity contribution in [2.45, 2.75) is 134 Å². The molecule has 3 heterocycles. The molecule has 12 atom stereocenters. The highest BCUT2D eigenvalue weighted by atomic mass is 32.2. The highest BCUT2D eigenvalue weighted by Gasteiger charge is 2.59.